The molecule has 0 aromatic heterocycles. The summed E-state index contributed by atoms with van der Waals surface area (Å²) in [5, 5.41) is 22.1. The van der Waals surface area contributed by atoms with Crippen LogP contribution >= 0.6 is 0 Å². The Kier molecular flexibility index (Phi) is 4.71. The molecular formula is C16H23N3O3. The van der Waals surface area contributed by atoms with Crippen molar-refractivity contribution in [2.24, 2.45) is 4.99 Å². The van der Waals surface area contributed by atoms with Crippen LogP contribution in [0.1, 0.15) is 31.1 Å². The van der Waals surface area contributed by atoms with Gasteiger partial charge < -0.3 is 20.4 Å². The molecule has 1 saturated heterocycles. The Morgan fingerprint density at radius 1 is 1.32 bits per heavy atom. The van der Waals surface area contributed by atoms with E-state index < -0.39 is 6.10 Å². The van der Waals surface area contributed by atoms with Crippen molar-refractivity contribution in [1.29, 1.82) is 0 Å². The van der Waals surface area contributed by atoms with Crippen LogP contribution in [0, 0.1) is 0 Å². The summed E-state index contributed by atoms with van der Waals surface area (Å²) in [5.74, 6) is -0.152. The summed E-state index contributed by atoms with van der Waals surface area (Å²) in [6.07, 6.45) is 1.10. The summed E-state index contributed by atoms with van der Waals surface area (Å²) < 4.78 is 0. The van der Waals surface area contributed by atoms with E-state index in [-0.39, 0.29) is 23.2 Å². The van der Waals surface area contributed by atoms with Crippen molar-refractivity contribution in [3.63, 3.8) is 0 Å². The molecule has 1 aromatic rings. The minimum absolute atomic E-state index is 0.113. The number of hydrogen-bond donors (Lipinski definition) is 3. The van der Waals surface area contributed by atoms with Crippen molar-refractivity contribution in [3.05, 3.63) is 29.8 Å². The van der Waals surface area contributed by atoms with E-state index in [4.69, 9.17) is 0 Å². The van der Waals surface area contributed by atoms with Crippen molar-refractivity contribution in [1.82, 2.24) is 10.2 Å². The number of phenolic OH excluding ortho intramolecular Hbond substituents is 1. The summed E-state index contributed by atoms with van der Waals surface area (Å²) in [5.41, 5.74) is 0.282. The number of likely N-dealkylation sites (tertiary alicyclic amines) is 1. The van der Waals surface area contributed by atoms with Crippen LogP contribution in [-0.2, 0) is 0 Å². The van der Waals surface area contributed by atoms with Crippen LogP contribution < -0.4 is 5.32 Å². The largest absolute Gasteiger partial charge is 0.508 e. The molecule has 0 spiro atoms. The molecule has 1 amide bonds. The molecule has 0 saturated carbocycles. The summed E-state index contributed by atoms with van der Waals surface area (Å²) in [6, 6.07) is 5.67. The van der Waals surface area contributed by atoms with Crippen LogP contribution in [0.25, 0.3) is 0 Å². The van der Waals surface area contributed by atoms with Gasteiger partial charge in [-0.15, -0.1) is 0 Å². The second-order valence-corrected chi connectivity index (χ2v) is 6.56. The number of amides is 1. The van der Waals surface area contributed by atoms with E-state index in [0.717, 1.165) is 0 Å². The third kappa shape index (κ3) is 4.46. The molecule has 0 aliphatic carbocycles. The lowest BCUT2D eigenvalue weighted by Crippen LogP contribution is -2.42. The van der Waals surface area contributed by atoms with Gasteiger partial charge in [0.15, 0.2) is 0 Å². The highest BCUT2D eigenvalue weighted by atomic mass is 16.3. The van der Waals surface area contributed by atoms with Gasteiger partial charge in [-0.1, -0.05) is 0 Å². The van der Waals surface area contributed by atoms with E-state index in [1.165, 1.54) is 12.1 Å². The smallest absolute Gasteiger partial charge is 0.251 e. The molecule has 6 heteroatoms. The van der Waals surface area contributed by atoms with Crippen molar-refractivity contribution >= 4 is 12.2 Å². The fourth-order valence-corrected chi connectivity index (χ4v) is 2.17. The third-order valence-electron chi connectivity index (χ3n) is 3.37. The molecule has 2 unspecified atom stereocenters. The normalized spacial score (nSPS) is 22.3. The van der Waals surface area contributed by atoms with Gasteiger partial charge in [0.25, 0.3) is 5.91 Å². The average Bonchev–Trinajstić information content (AvgIpc) is 2.77. The number of aromatic hydroxyl groups is 1. The molecule has 0 radical (unpaired) electrons. The van der Waals surface area contributed by atoms with Gasteiger partial charge in [0.05, 0.1) is 24.0 Å². The number of nitrogens with one attached hydrogen (secondary N) is 1. The first-order valence-corrected chi connectivity index (χ1v) is 7.32. The molecule has 1 aromatic carbocycles. The maximum Gasteiger partial charge on any atom is 0.251 e. The van der Waals surface area contributed by atoms with Crippen molar-refractivity contribution < 1.29 is 15.0 Å². The van der Waals surface area contributed by atoms with Gasteiger partial charge in [-0.25, -0.2) is 0 Å². The van der Waals surface area contributed by atoms with Crippen LogP contribution in [0.3, 0.4) is 0 Å². The molecule has 1 aliphatic rings. The molecule has 120 valence electrons. The molecule has 0 bridgehead atoms. The van der Waals surface area contributed by atoms with Gasteiger partial charge >= 0.3 is 0 Å². The number of carbonyl (C=O) groups excluding carboxylic acids is 1. The van der Waals surface area contributed by atoms with E-state index >= 15 is 0 Å². The Balaban J connectivity index is 1.94. The Labute approximate surface area is 130 Å². The molecule has 2 atom stereocenters. The number of nitrogens with zero attached hydrogens (tertiary/aromatic N) is 2. The molecule has 1 fully saturated rings. The molecule has 22 heavy (non-hydrogen) atoms. The maximum absolute atomic E-state index is 12.1. The minimum Gasteiger partial charge on any atom is -0.508 e. The predicted molar refractivity (Wildman–Crippen MR) is 85.2 cm³/mol. The number of aliphatic hydroxyl groups excluding tert-OH is 1. The molecule has 2 rings (SSSR count). The van der Waals surface area contributed by atoms with Crippen LogP contribution in [0.15, 0.2) is 29.3 Å². The van der Waals surface area contributed by atoms with E-state index in [2.05, 4.69) is 10.3 Å². The SMILES string of the molecule is CC(C)(C)/N=C/N1CC(O)C(NC(=O)c2ccc(O)cc2)C1. The summed E-state index contributed by atoms with van der Waals surface area (Å²) >= 11 is 0. The second-order valence-electron chi connectivity index (χ2n) is 6.56. The third-order valence-corrected chi connectivity index (χ3v) is 3.37. The lowest BCUT2D eigenvalue weighted by Gasteiger charge is -2.17. The molecular weight excluding hydrogens is 282 g/mol. The number of aliphatic imine (C=N–C) groups is 1. The standard InChI is InChI=1S/C16H23N3O3/c1-16(2,3)17-10-19-8-13(14(21)9-19)18-15(22)11-4-6-12(20)7-5-11/h4-7,10,13-14,20-21H,8-9H2,1-3H3,(H,18,22)/b17-10+. The van der Waals surface area contributed by atoms with Gasteiger partial charge in [0.1, 0.15) is 5.75 Å². The van der Waals surface area contributed by atoms with Gasteiger partial charge in [0, 0.05) is 18.7 Å². The molecule has 6 nitrogen and oxygen atoms in total. The van der Waals surface area contributed by atoms with Crippen LogP contribution in [0.5, 0.6) is 5.75 Å². The van der Waals surface area contributed by atoms with Crippen LogP contribution in [0.2, 0.25) is 0 Å². The molecule has 3 N–H and O–H groups in total. The first kappa shape index (κ1) is 16.3. The highest BCUT2D eigenvalue weighted by Gasteiger charge is 2.31. The zero-order chi connectivity index (χ0) is 16.3. The molecule has 1 aliphatic heterocycles. The number of β-amino-alcohol motifs (C(OH)–C–C–N with tert-alkyl or cyclic N) is 1. The van der Waals surface area contributed by atoms with E-state index in [0.29, 0.717) is 18.7 Å². The zero-order valence-electron chi connectivity index (χ0n) is 13.2. The Morgan fingerprint density at radius 2 is 1.95 bits per heavy atom. The Hall–Kier alpha value is -2.08. The fraction of sp³-hybridized carbons (Fsp3) is 0.500. The monoisotopic (exact) mass is 305 g/mol. The number of benzene rings is 1. The number of hydrogen-bond acceptors (Lipinski definition) is 4. The topological polar surface area (TPSA) is 85.2 Å². The fourth-order valence-electron chi connectivity index (χ4n) is 2.17. The predicted octanol–water partition coefficient (Wildman–Crippen LogP) is 0.994. The van der Waals surface area contributed by atoms with Crippen LogP contribution in [-0.4, -0.2) is 58.1 Å². The first-order chi connectivity index (χ1) is 10.2. The van der Waals surface area contributed by atoms with E-state index in [1.807, 2.05) is 25.7 Å². The van der Waals surface area contributed by atoms with Crippen molar-refractivity contribution in [2.45, 2.75) is 38.5 Å². The summed E-state index contributed by atoms with van der Waals surface area (Å²) in [4.78, 5) is 18.4. The zero-order valence-corrected chi connectivity index (χ0v) is 13.2. The summed E-state index contributed by atoms with van der Waals surface area (Å²) in [6.45, 7) is 6.96. The van der Waals surface area contributed by atoms with E-state index in [1.54, 1.807) is 18.5 Å². The number of phenols is 1. The Bertz CT molecular complexity index is 549. The first-order valence-electron chi connectivity index (χ1n) is 7.32. The highest BCUT2D eigenvalue weighted by Crippen LogP contribution is 2.13. The lowest BCUT2D eigenvalue weighted by atomic mass is 10.1. The van der Waals surface area contributed by atoms with Gasteiger partial charge in [-0.3, -0.25) is 9.79 Å². The number of carbonyl (C=O) groups is 1. The Morgan fingerprint density at radius 3 is 2.55 bits per heavy atom. The van der Waals surface area contributed by atoms with Gasteiger partial charge in [-0.2, -0.15) is 0 Å². The lowest BCUT2D eigenvalue weighted by molar-refractivity contribution is 0.0888. The quantitative estimate of drug-likeness (QED) is 0.574. The maximum atomic E-state index is 12.1. The van der Waals surface area contributed by atoms with Gasteiger partial charge in [-0.05, 0) is 45.0 Å². The summed E-state index contributed by atoms with van der Waals surface area (Å²) in [7, 11) is 0. The molecule has 1 heterocycles. The number of aliphatic hydroxyl groups is 1. The van der Waals surface area contributed by atoms with Crippen molar-refractivity contribution in [2.75, 3.05) is 13.1 Å². The van der Waals surface area contributed by atoms with Crippen molar-refractivity contribution in [3.8, 4) is 5.75 Å². The second kappa shape index (κ2) is 6.36. The average molecular weight is 305 g/mol. The minimum atomic E-state index is -0.632. The van der Waals surface area contributed by atoms with Crippen LogP contribution in [0.4, 0.5) is 0 Å². The number of rotatable bonds is 3. The van der Waals surface area contributed by atoms with E-state index in [9.17, 15) is 15.0 Å². The van der Waals surface area contributed by atoms with Gasteiger partial charge in [0.2, 0.25) is 0 Å². The highest BCUT2D eigenvalue weighted by molar-refractivity contribution is 5.94.